The van der Waals surface area contributed by atoms with Crippen LogP contribution in [-0.2, 0) is 11.3 Å². The Morgan fingerprint density at radius 1 is 1.42 bits per heavy atom. The third-order valence-electron chi connectivity index (χ3n) is 1.73. The number of rotatable bonds is 0. The summed E-state index contributed by atoms with van der Waals surface area (Å²) in [6.07, 6.45) is 0. The molecule has 0 fully saturated rings. The largest absolute Gasteiger partial charge is 0.506 e. The second kappa shape index (κ2) is 2.95. The van der Waals surface area contributed by atoms with Crippen molar-refractivity contribution in [3.63, 3.8) is 0 Å². The molecule has 0 atom stereocenters. The van der Waals surface area contributed by atoms with E-state index in [1.807, 2.05) is 6.07 Å². The van der Waals surface area contributed by atoms with Crippen LogP contribution in [0.2, 0.25) is 0 Å². The van der Waals surface area contributed by atoms with Gasteiger partial charge in [-0.2, -0.15) is 0 Å². The van der Waals surface area contributed by atoms with Crippen molar-refractivity contribution in [1.29, 1.82) is 0 Å². The Morgan fingerprint density at radius 3 is 3.08 bits per heavy atom. The zero-order valence-corrected chi connectivity index (χ0v) is 7.80. The molecule has 2 rings (SSSR count). The van der Waals surface area contributed by atoms with E-state index in [0.29, 0.717) is 22.4 Å². The van der Waals surface area contributed by atoms with Crippen LogP contribution >= 0.6 is 15.9 Å². The van der Waals surface area contributed by atoms with Crippen LogP contribution in [0.3, 0.4) is 0 Å². The second-order valence-corrected chi connectivity index (χ2v) is 3.34. The molecule has 64 valence electrons. The summed E-state index contributed by atoms with van der Waals surface area (Å²) >= 11 is 3.21. The minimum atomic E-state index is 0.201. The fraction of sp³-hybridized carbons (Fsp3) is 0.250. The summed E-state index contributed by atoms with van der Waals surface area (Å²) in [5.74, 6) is 0.897. The van der Waals surface area contributed by atoms with E-state index in [2.05, 4.69) is 15.9 Å². The highest BCUT2D eigenvalue weighted by molar-refractivity contribution is 9.10. The molecular formula is C8H7BrO3. The van der Waals surface area contributed by atoms with E-state index in [4.69, 9.17) is 9.47 Å². The molecule has 0 saturated heterocycles. The Labute approximate surface area is 78.0 Å². The van der Waals surface area contributed by atoms with Crippen LogP contribution in [0.25, 0.3) is 0 Å². The molecule has 0 bridgehead atoms. The summed E-state index contributed by atoms with van der Waals surface area (Å²) < 4.78 is 10.8. The van der Waals surface area contributed by atoms with Crippen molar-refractivity contribution >= 4 is 15.9 Å². The smallest absolute Gasteiger partial charge is 0.189 e. The van der Waals surface area contributed by atoms with E-state index in [9.17, 15) is 5.11 Å². The van der Waals surface area contributed by atoms with E-state index < -0.39 is 0 Å². The lowest BCUT2D eigenvalue weighted by Crippen LogP contribution is -2.11. The Bertz CT molecular complexity index is 311. The zero-order chi connectivity index (χ0) is 8.55. The van der Waals surface area contributed by atoms with Gasteiger partial charge in [-0.25, -0.2) is 0 Å². The van der Waals surface area contributed by atoms with Crippen LogP contribution in [-0.4, -0.2) is 11.9 Å². The molecule has 3 nitrogen and oxygen atoms in total. The number of benzene rings is 1. The van der Waals surface area contributed by atoms with Gasteiger partial charge in [-0.1, -0.05) is 0 Å². The summed E-state index contributed by atoms with van der Waals surface area (Å²) in [7, 11) is 0. The van der Waals surface area contributed by atoms with Crippen molar-refractivity contribution < 1.29 is 14.6 Å². The van der Waals surface area contributed by atoms with Gasteiger partial charge >= 0.3 is 0 Å². The van der Waals surface area contributed by atoms with E-state index in [1.165, 1.54) is 0 Å². The molecule has 0 unspecified atom stereocenters. The Kier molecular flexibility index (Phi) is 1.94. The van der Waals surface area contributed by atoms with Crippen LogP contribution in [0.5, 0.6) is 11.5 Å². The van der Waals surface area contributed by atoms with E-state index in [0.717, 1.165) is 0 Å². The minimum absolute atomic E-state index is 0.201. The third-order valence-corrected chi connectivity index (χ3v) is 2.37. The number of fused-ring (bicyclic) bond motifs is 1. The Hall–Kier alpha value is -0.740. The van der Waals surface area contributed by atoms with Crippen molar-refractivity contribution in [3.8, 4) is 11.5 Å². The molecule has 1 aliphatic heterocycles. The molecule has 0 saturated carbocycles. The number of ether oxygens (including phenoxy) is 2. The predicted molar refractivity (Wildman–Crippen MR) is 46.1 cm³/mol. The fourth-order valence-electron chi connectivity index (χ4n) is 1.11. The molecule has 0 amide bonds. The Morgan fingerprint density at radius 2 is 2.25 bits per heavy atom. The first-order valence-corrected chi connectivity index (χ1v) is 4.29. The van der Waals surface area contributed by atoms with Crippen molar-refractivity contribution in [2.24, 2.45) is 0 Å². The van der Waals surface area contributed by atoms with E-state index in [1.54, 1.807) is 6.07 Å². The van der Waals surface area contributed by atoms with Gasteiger partial charge in [0.05, 0.1) is 16.6 Å². The molecule has 4 heteroatoms. The second-order valence-electron chi connectivity index (χ2n) is 2.48. The maximum absolute atomic E-state index is 9.54. The van der Waals surface area contributed by atoms with Crippen LogP contribution in [0.4, 0.5) is 0 Å². The van der Waals surface area contributed by atoms with Crippen LogP contribution < -0.4 is 4.74 Å². The Balaban J connectivity index is 2.54. The standard InChI is InChI=1S/C8H7BrO3/c9-6-1-2-7-5(8(6)10)3-11-4-12-7/h1-2,10H,3-4H2. The fourth-order valence-corrected chi connectivity index (χ4v) is 1.48. The molecule has 0 aromatic heterocycles. The van der Waals surface area contributed by atoms with Gasteiger partial charge in [-0.05, 0) is 28.1 Å². The lowest BCUT2D eigenvalue weighted by molar-refractivity contribution is -0.0175. The first-order chi connectivity index (χ1) is 5.79. The zero-order valence-electron chi connectivity index (χ0n) is 6.21. The molecule has 12 heavy (non-hydrogen) atoms. The van der Waals surface area contributed by atoms with Crippen LogP contribution in [0, 0.1) is 0 Å². The van der Waals surface area contributed by atoms with Gasteiger partial charge in [0.2, 0.25) is 0 Å². The number of hydrogen-bond acceptors (Lipinski definition) is 3. The molecule has 0 radical (unpaired) electrons. The highest BCUT2D eigenvalue weighted by Crippen LogP contribution is 2.36. The first-order valence-electron chi connectivity index (χ1n) is 3.50. The van der Waals surface area contributed by atoms with E-state index >= 15 is 0 Å². The predicted octanol–water partition coefficient (Wildman–Crippen LogP) is 2.02. The molecule has 0 spiro atoms. The topological polar surface area (TPSA) is 38.7 Å². The van der Waals surface area contributed by atoms with Gasteiger partial charge in [-0.15, -0.1) is 0 Å². The van der Waals surface area contributed by atoms with Crippen LogP contribution in [0.1, 0.15) is 5.56 Å². The number of aromatic hydroxyl groups is 1. The maximum atomic E-state index is 9.54. The summed E-state index contributed by atoms with van der Waals surface area (Å²) in [4.78, 5) is 0. The number of phenols is 1. The van der Waals surface area contributed by atoms with Gasteiger partial charge in [0.15, 0.2) is 6.79 Å². The van der Waals surface area contributed by atoms with Crippen LogP contribution in [0.15, 0.2) is 16.6 Å². The summed E-state index contributed by atoms with van der Waals surface area (Å²) in [6, 6.07) is 3.56. The molecule has 1 N–H and O–H groups in total. The molecule has 1 aromatic carbocycles. The maximum Gasteiger partial charge on any atom is 0.189 e. The SMILES string of the molecule is Oc1c(Br)ccc2c1COCO2. The molecule has 1 aromatic rings. The lowest BCUT2D eigenvalue weighted by atomic mass is 10.2. The number of phenolic OH excluding ortho intramolecular Hbond substituents is 1. The van der Waals surface area contributed by atoms with Gasteiger partial charge in [0, 0.05) is 0 Å². The highest BCUT2D eigenvalue weighted by Gasteiger charge is 2.16. The highest BCUT2D eigenvalue weighted by atomic mass is 79.9. The summed E-state index contributed by atoms with van der Waals surface area (Å²) in [5, 5.41) is 9.54. The number of hydrogen-bond donors (Lipinski definition) is 1. The molecule has 0 aliphatic carbocycles. The molecule has 1 aliphatic rings. The van der Waals surface area contributed by atoms with Crippen molar-refractivity contribution in [2.75, 3.05) is 6.79 Å². The van der Waals surface area contributed by atoms with Crippen molar-refractivity contribution in [1.82, 2.24) is 0 Å². The lowest BCUT2D eigenvalue weighted by Gasteiger charge is -2.18. The van der Waals surface area contributed by atoms with Gasteiger partial charge in [0.25, 0.3) is 0 Å². The number of halogens is 1. The minimum Gasteiger partial charge on any atom is -0.506 e. The quantitative estimate of drug-likeness (QED) is 0.742. The summed E-state index contributed by atoms with van der Waals surface area (Å²) in [5.41, 5.74) is 0.704. The molecule has 1 heterocycles. The average Bonchev–Trinajstić information content (AvgIpc) is 2.12. The van der Waals surface area contributed by atoms with Gasteiger partial charge in [-0.3, -0.25) is 0 Å². The average molecular weight is 231 g/mol. The van der Waals surface area contributed by atoms with Gasteiger partial charge < -0.3 is 14.6 Å². The normalized spacial score (nSPS) is 15.1. The third kappa shape index (κ3) is 1.17. The van der Waals surface area contributed by atoms with Crippen molar-refractivity contribution in [2.45, 2.75) is 6.61 Å². The molecular weight excluding hydrogens is 224 g/mol. The van der Waals surface area contributed by atoms with Crippen molar-refractivity contribution in [3.05, 3.63) is 22.2 Å². The van der Waals surface area contributed by atoms with Gasteiger partial charge in [0.1, 0.15) is 11.5 Å². The first kappa shape index (κ1) is 7.89. The monoisotopic (exact) mass is 230 g/mol. The summed E-state index contributed by atoms with van der Waals surface area (Å²) in [6.45, 7) is 0.661. The van der Waals surface area contributed by atoms with E-state index in [-0.39, 0.29) is 12.5 Å².